The minimum atomic E-state index is -3.61. The van der Waals surface area contributed by atoms with E-state index in [0.717, 1.165) is 28.1 Å². The summed E-state index contributed by atoms with van der Waals surface area (Å²) >= 11 is 0. The molecule has 0 unspecified atom stereocenters. The van der Waals surface area contributed by atoms with E-state index in [1.165, 1.54) is 0 Å². The van der Waals surface area contributed by atoms with E-state index in [1.54, 1.807) is 29.2 Å². The molecule has 0 saturated carbocycles. The fourth-order valence-corrected chi connectivity index (χ4v) is 4.17. The summed E-state index contributed by atoms with van der Waals surface area (Å²) in [4.78, 5) is 4.23. The Morgan fingerprint density at radius 2 is 1.79 bits per heavy atom. The zero-order valence-electron chi connectivity index (χ0n) is 16.2. The van der Waals surface area contributed by atoms with Crippen LogP contribution in [0.3, 0.4) is 0 Å². The van der Waals surface area contributed by atoms with E-state index in [4.69, 9.17) is 4.74 Å². The quantitative estimate of drug-likeness (QED) is 0.628. The minimum absolute atomic E-state index is 0.240. The molecular formula is C20H24N4O3S. The molecule has 0 aliphatic heterocycles. The van der Waals surface area contributed by atoms with E-state index in [2.05, 4.69) is 14.8 Å². The molecule has 28 heavy (non-hydrogen) atoms. The van der Waals surface area contributed by atoms with Crippen LogP contribution in [-0.2, 0) is 16.6 Å². The van der Waals surface area contributed by atoms with Crippen LogP contribution in [0.25, 0.3) is 11.3 Å². The molecule has 2 aromatic heterocycles. The molecule has 7 nitrogen and oxygen atoms in total. The molecule has 148 valence electrons. The Kier molecular flexibility index (Phi) is 6.11. The van der Waals surface area contributed by atoms with Crippen molar-refractivity contribution in [3.05, 3.63) is 60.0 Å². The van der Waals surface area contributed by atoms with Crippen molar-refractivity contribution in [1.82, 2.24) is 19.5 Å². The number of rotatable bonds is 8. The summed E-state index contributed by atoms with van der Waals surface area (Å²) in [7, 11) is -3.61. The summed E-state index contributed by atoms with van der Waals surface area (Å²) in [5.74, 6) is 0.738. The lowest BCUT2D eigenvalue weighted by Gasteiger charge is -2.13. The molecule has 0 bridgehead atoms. The van der Waals surface area contributed by atoms with Crippen molar-refractivity contribution in [2.75, 3.05) is 13.2 Å². The molecule has 8 heteroatoms. The summed E-state index contributed by atoms with van der Waals surface area (Å²) in [6.07, 6.45) is 5.25. The van der Waals surface area contributed by atoms with Gasteiger partial charge in [0.1, 0.15) is 5.75 Å². The van der Waals surface area contributed by atoms with Crippen LogP contribution in [-0.4, -0.2) is 36.3 Å². The number of sulfonamides is 1. The van der Waals surface area contributed by atoms with Gasteiger partial charge in [-0.1, -0.05) is 0 Å². The zero-order valence-corrected chi connectivity index (χ0v) is 17.0. The number of aryl methyl sites for hydroxylation is 2. The number of aromatic nitrogens is 3. The molecule has 0 radical (unpaired) electrons. The molecule has 0 spiro atoms. The van der Waals surface area contributed by atoms with Gasteiger partial charge in [0.25, 0.3) is 0 Å². The maximum Gasteiger partial charge on any atom is 0.240 e. The smallest absolute Gasteiger partial charge is 0.240 e. The third-order valence-electron chi connectivity index (χ3n) is 4.28. The molecule has 0 amide bonds. The predicted molar refractivity (Wildman–Crippen MR) is 108 cm³/mol. The maximum absolute atomic E-state index is 12.6. The normalized spacial score (nSPS) is 11.5. The molecule has 0 aliphatic carbocycles. The van der Waals surface area contributed by atoms with Crippen LogP contribution in [0.1, 0.15) is 18.1 Å². The number of pyridine rings is 1. The molecule has 0 aliphatic rings. The summed E-state index contributed by atoms with van der Waals surface area (Å²) in [6, 6.07) is 8.92. The Bertz CT molecular complexity index is 1020. The van der Waals surface area contributed by atoms with Crippen molar-refractivity contribution in [2.45, 2.75) is 32.2 Å². The van der Waals surface area contributed by atoms with Crippen molar-refractivity contribution >= 4 is 10.0 Å². The van der Waals surface area contributed by atoms with Gasteiger partial charge in [-0.2, -0.15) is 5.10 Å². The van der Waals surface area contributed by atoms with E-state index in [9.17, 15) is 8.42 Å². The van der Waals surface area contributed by atoms with Crippen LogP contribution in [0.15, 0.2) is 53.8 Å². The topological polar surface area (TPSA) is 86.1 Å². The first kappa shape index (κ1) is 20.0. The highest BCUT2D eigenvalue weighted by Gasteiger charge is 2.17. The summed E-state index contributed by atoms with van der Waals surface area (Å²) in [6.45, 7) is 6.81. The molecule has 3 aromatic rings. The lowest BCUT2D eigenvalue weighted by Crippen LogP contribution is -2.27. The molecular weight excluding hydrogens is 376 g/mol. The molecule has 1 N–H and O–H groups in total. The highest BCUT2D eigenvalue weighted by molar-refractivity contribution is 7.89. The van der Waals surface area contributed by atoms with Gasteiger partial charge in [-0.25, -0.2) is 13.1 Å². The van der Waals surface area contributed by atoms with Gasteiger partial charge in [0.15, 0.2) is 0 Å². The fourth-order valence-electron chi connectivity index (χ4n) is 2.98. The zero-order chi connectivity index (χ0) is 20.1. The fraction of sp³-hybridized carbons (Fsp3) is 0.300. The van der Waals surface area contributed by atoms with Gasteiger partial charge in [0.2, 0.25) is 10.0 Å². The third-order valence-corrected chi connectivity index (χ3v) is 5.72. The number of benzene rings is 1. The van der Waals surface area contributed by atoms with Crippen LogP contribution in [0.2, 0.25) is 0 Å². The van der Waals surface area contributed by atoms with Crippen molar-refractivity contribution in [2.24, 2.45) is 0 Å². The molecule has 0 saturated heterocycles. The second kappa shape index (κ2) is 8.53. The number of hydrogen-bond donors (Lipinski definition) is 1. The monoisotopic (exact) mass is 400 g/mol. The number of ether oxygens (including phenoxy) is 1. The Morgan fingerprint density at radius 1 is 1.11 bits per heavy atom. The highest BCUT2D eigenvalue weighted by atomic mass is 32.2. The first-order chi connectivity index (χ1) is 13.4. The van der Waals surface area contributed by atoms with Gasteiger partial charge in [-0.3, -0.25) is 9.67 Å². The van der Waals surface area contributed by atoms with Crippen molar-refractivity contribution in [3.8, 4) is 17.0 Å². The second-order valence-electron chi connectivity index (χ2n) is 6.42. The van der Waals surface area contributed by atoms with Gasteiger partial charge in [0.05, 0.1) is 23.7 Å². The van der Waals surface area contributed by atoms with Gasteiger partial charge in [0, 0.05) is 30.7 Å². The minimum Gasteiger partial charge on any atom is -0.493 e. The first-order valence-corrected chi connectivity index (χ1v) is 10.6. The number of hydrogen-bond acceptors (Lipinski definition) is 5. The SMILES string of the molecule is CCOc1c(C)cc(S(=O)(=O)NCCn2ccc(-c3ccncc3)n2)cc1C. The Morgan fingerprint density at radius 3 is 2.43 bits per heavy atom. The van der Waals surface area contributed by atoms with Gasteiger partial charge < -0.3 is 4.74 Å². The summed E-state index contributed by atoms with van der Waals surface area (Å²) < 4.78 is 35.2. The number of nitrogens with one attached hydrogen (secondary N) is 1. The van der Waals surface area contributed by atoms with Crippen molar-refractivity contribution in [1.29, 1.82) is 0 Å². The molecule has 0 fully saturated rings. The van der Waals surface area contributed by atoms with Crippen LogP contribution in [0, 0.1) is 13.8 Å². The van der Waals surface area contributed by atoms with Crippen molar-refractivity contribution in [3.63, 3.8) is 0 Å². The van der Waals surface area contributed by atoms with Crippen LogP contribution in [0.5, 0.6) is 5.75 Å². The Hall–Kier alpha value is -2.71. The summed E-state index contributed by atoms with van der Waals surface area (Å²) in [5.41, 5.74) is 3.39. The van der Waals surface area contributed by atoms with Crippen LogP contribution in [0.4, 0.5) is 0 Å². The molecule has 0 atom stereocenters. The van der Waals surface area contributed by atoms with Gasteiger partial charge >= 0.3 is 0 Å². The van der Waals surface area contributed by atoms with E-state index in [1.807, 2.05) is 45.2 Å². The third kappa shape index (κ3) is 4.58. The largest absolute Gasteiger partial charge is 0.493 e. The van der Waals surface area contributed by atoms with Gasteiger partial charge in [-0.15, -0.1) is 0 Å². The average molecular weight is 401 g/mol. The second-order valence-corrected chi connectivity index (χ2v) is 8.18. The van der Waals surface area contributed by atoms with Crippen molar-refractivity contribution < 1.29 is 13.2 Å². The lowest BCUT2D eigenvalue weighted by atomic mass is 10.1. The van der Waals surface area contributed by atoms with E-state index in [-0.39, 0.29) is 11.4 Å². The maximum atomic E-state index is 12.6. The Balaban J connectivity index is 1.65. The highest BCUT2D eigenvalue weighted by Crippen LogP contribution is 2.26. The van der Waals surface area contributed by atoms with Crippen LogP contribution < -0.4 is 9.46 Å². The van der Waals surface area contributed by atoms with E-state index in [0.29, 0.717) is 13.2 Å². The lowest BCUT2D eigenvalue weighted by molar-refractivity contribution is 0.335. The van der Waals surface area contributed by atoms with E-state index < -0.39 is 10.0 Å². The first-order valence-electron chi connectivity index (χ1n) is 9.08. The molecule has 3 rings (SSSR count). The van der Waals surface area contributed by atoms with E-state index >= 15 is 0 Å². The van der Waals surface area contributed by atoms with Gasteiger partial charge in [-0.05, 0) is 62.2 Å². The Labute approximate surface area is 165 Å². The number of nitrogens with zero attached hydrogens (tertiary/aromatic N) is 3. The molecule has 2 heterocycles. The predicted octanol–water partition coefficient (Wildman–Crippen LogP) is 2.94. The molecule has 1 aromatic carbocycles. The average Bonchev–Trinajstić information content (AvgIpc) is 3.14. The summed E-state index contributed by atoms with van der Waals surface area (Å²) in [5, 5.41) is 4.47. The van der Waals surface area contributed by atoms with Crippen LogP contribution >= 0.6 is 0 Å². The standard InChI is InChI=1S/C20H24N4O3S/c1-4-27-20-15(2)13-18(14-16(20)3)28(25,26)22-10-12-24-11-7-19(23-24)17-5-8-21-9-6-17/h5-9,11,13-14,22H,4,10,12H2,1-3H3.